The second kappa shape index (κ2) is 17.3. The van der Waals surface area contributed by atoms with Gasteiger partial charge in [-0.25, -0.2) is 0 Å². The first-order chi connectivity index (χ1) is 29.1. The van der Waals surface area contributed by atoms with Crippen molar-refractivity contribution in [1.82, 2.24) is 0 Å². The molecule has 0 amide bonds. The molecule has 4 aromatic rings. The van der Waals surface area contributed by atoms with Gasteiger partial charge in [-0.05, 0) is 87.0 Å². The van der Waals surface area contributed by atoms with Crippen LogP contribution in [-0.4, -0.2) is 69.8 Å². The quantitative estimate of drug-likeness (QED) is 0.0653. The predicted octanol–water partition coefficient (Wildman–Crippen LogP) is 5.57. The standard InChI is InChI=1S/C48H52O14/c1-23(2)10-12-25-31(58-8)20-35-39(43(25)53)45(55)37-27(41(51)29(49)18-33(37)61-35)14-16-47(5,6)60-22-48(7,57)17-15-28-38-34(19-30(50)42(28)52)62-36-21-32(59-9)26(13-11-24(3)4)44(54)40(36)46(38)56/h10-11,18-20,50,52-53,57H,12-17,21-22H2,1-9H3. The first kappa shape index (κ1) is 45.3. The largest absolute Gasteiger partial charge is 0.507 e. The molecule has 14 heteroatoms. The second-order valence-electron chi connectivity index (χ2n) is 17.2. The van der Waals surface area contributed by atoms with Crippen LogP contribution in [0.25, 0.3) is 33.6 Å². The van der Waals surface area contributed by atoms with Gasteiger partial charge < -0.3 is 43.5 Å². The van der Waals surface area contributed by atoms with Gasteiger partial charge in [0.1, 0.15) is 50.5 Å². The van der Waals surface area contributed by atoms with Crippen molar-refractivity contribution >= 4 is 50.9 Å². The minimum absolute atomic E-state index is 0.0180. The molecule has 4 N–H and O–H groups in total. The van der Waals surface area contributed by atoms with Gasteiger partial charge in [0.15, 0.2) is 17.3 Å². The number of phenolic OH excluding ortho intramolecular Hbond substituents is 3. The lowest BCUT2D eigenvalue weighted by Crippen LogP contribution is -2.47. The van der Waals surface area contributed by atoms with Crippen LogP contribution in [0.2, 0.25) is 0 Å². The number of methoxy groups -OCH3 is 2. The van der Waals surface area contributed by atoms with E-state index in [0.717, 1.165) is 23.3 Å². The summed E-state index contributed by atoms with van der Waals surface area (Å²) in [4.78, 5) is 68.2. The highest BCUT2D eigenvalue weighted by molar-refractivity contribution is 6.60. The number of carbonyl (C=O) groups excluding carboxylic acids is 3. The molecule has 1 unspecified atom stereocenters. The zero-order valence-corrected chi connectivity index (χ0v) is 36.4. The Hall–Kier alpha value is -6.25. The molecule has 328 valence electrons. The SMILES string of the molecule is COC1=C(CC=C(C)C)C(=O)c2c(oc3cc(O)c(O)c(CCC(C)(O)COC(C)(C)CCC4=c5c(oc6cc(OC)c(CC=C(C)C)c(O)c6c5=O)=CC(=O)C4=O)c3c2=O)C1. The summed E-state index contributed by atoms with van der Waals surface area (Å²) in [5.41, 5.74) is -1.92. The van der Waals surface area contributed by atoms with Crippen LogP contribution in [0.1, 0.15) is 101 Å². The van der Waals surface area contributed by atoms with Crippen molar-refractivity contribution in [3.05, 3.63) is 100 Å². The van der Waals surface area contributed by atoms with Crippen LogP contribution in [-0.2, 0) is 38.3 Å². The fourth-order valence-corrected chi connectivity index (χ4v) is 7.73. The number of rotatable bonds is 15. The smallest absolute Gasteiger partial charge is 0.229 e. The number of phenols is 3. The van der Waals surface area contributed by atoms with E-state index in [-0.39, 0.29) is 118 Å². The summed E-state index contributed by atoms with van der Waals surface area (Å²) in [7, 11) is 2.85. The molecule has 0 saturated carbocycles. The third-order valence-electron chi connectivity index (χ3n) is 11.3. The van der Waals surface area contributed by atoms with Gasteiger partial charge in [-0.1, -0.05) is 23.3 Å². The van der Waals surface area contributed by atoms with Gasteiger partial charge in [-0.2, -0.15) is 0 Å². The van der Waals surface area contributed by atoms with Crippen LogP contribution < -0.4 is 26.2 Å². The third kappa shape index (κ3) is 8.75. The maximum absolute atomic E-state index is 14.1. The number of aromatic hydroxyl groups is 3. The molecule has 2 aliphatic rings. The highest BCUT2D eigenvalue weighted by Crippen LogP contribution is 2.39. The number of allylic oxidation sites excluding steroid dienone is 6. The fourth-order valence-electron chi connectivity index (χ4n) is 7.73. The highest BCUT2D eigenvalue weighted by atomic mass is 16.5. The molecule has 0 spiro atoms. The van der Waals surface area contributed by atoms with Gasteiger partial charge in [-0.15, -0.1) is 0 Å². The van der Waals surface area contributed by atoms with Crippen LogP contribution >= 0.6 is 0 Å². The summed E-state index contributed by atoms with van der Waals surface area (Å²) in [6, 6.07) is 2.57. The van der Waals surface area contributed by atoms with Crippen molar-refractivity contribution < 1.29 is 57.9 Å². The number of fused-ring (bicyclic) bond motifs is 4. The Bertz CT molecular complexity index is 2910. The van der Waals surface area contributed by atoms with E-state index in [2.05, 4.69) is 0 Å². The van der Waals surface area contributed by atoms with Crippen LogP contribution in [0.4, 0.5) is 0 Å². The first-order valence-electron chi connectivity index (χ1n) is 20.3. The molecule has 2 aromatic carbocycles. The van der Waals surface area contributed by atoms with Crippen molar-refractivity contribution in [3.8, 4) is 23.0 Å². The number of ketones is 3. The van der Waals surface area contributed by atoms with Gasteiger partial charge in [-0.3, -0.25) is 24.0 Å². The van der Waals surface area contributed by atoms with Crippen LogP contribution in [0, 0.1) is 0 Å². The average Bonchev–Trinajstić information content (AvgIpc) is 3.19. The lowest BCUT2D eigenvalue weighted by molar-refractivity contribution is -0.130. The van der Waals surface area contributed by atoms with E-state index in [4.69, 9.17) is 23.0 Å². The highest BCUT2D eigenvalue weighted by Gasteiger charge is 2.35. The Labute approximate surface area is 356 Å². The first-order valence-corrected chi connectivity index (χ1v) is 20.3. The average molecular weight is 853 g/mol. The maximum Gasteiger partial charge on any atom is 0.229 e. The van der Waals surface area contributed by atoms with Gasteiger partial charge in [0.2, 0.25) is 22.4 Å². The summed E-state index contributed by atoms with van der Waals surface area (Å²) in [5.74, 6) is -3.14. The Morgan fingerprint density at radius 2 is 1.42 bits per heavy atom. The molecular formula is C48H52O14. The fraction of sp³-hybridized carbons (Fsp3) is 0.396. The van der Waals surface area contributed by atoms with Gasteiger partial charge in [0.25, 0.3) is 0 Å². The maximum atomic E-state index is 14.1. The molecule has 62 heavy (non-hydrogen) atoms. The summed E-state index contributed by atoms with van der Waals surface area (Å²) < 4.78 is 29.1. The number of ether oxygens (including phenoxy) is 3. The zero-order chi connectivity index (χ0) is 45.6. The number of carbonyl (C=O) groups is 3. The number of aliphatic hydroxyl groups is 1. The topological polar surface area (TPSA) is 220 Å². The number of aryl methyl sites for hydroxylation is 1. The van der Waals surface area contributed by atoms with Crippen molar-refractivity contribution in [2.75, 3.05) is 20.8 Å². The van der Waals surface area contributed by atoms with Crippen molar-refractivity contribution in [2.45, 2.75) is 105 Å². The van der Waals surface area contributed by atoms with E-state index < -0.39 is 50.9 Å². The number of hydrogen-bond acceptors (Lipinski definition) is 14. The Morgan fingerprint density at radius 3 is 2.06 bits per heavy atom. The van der Waals surface area contributed by atoms with Gasteiger partial charge in [0, 0.05) is 40.5 Å². The predicted molar refractivity (Wildman–Crippen MR) is 231 cm³/mol. The van der Waals surface area contributed by atoms with E-state index in [1.165, 1.54) is 27.2 Å². The molecule has 2 aliphatic carbocycles. The van der Waals surface area contributed by atoms with E-state index in [0.29, 0.717) is 16.9 Å². The Morgan fingerprint density at radius 1 is 0.758 bits per heavy atom. The molecule has 1 atom stereocenters. The summed E-state index contributed by atoms with van der Waals surface area (Å²) in [6.07, 6.45) is 4.96. The normalized spacial score (nSPS) is 15.0. The molecule has 2 aromatic heterocycles. The Balaban J connectivity index is 1.25. The summed E-state index contributed by atoms with van der Waals surface area (Å²) >= 11 is 0. The zero-order valence-electron chi connectivity index (χ0n) is 36.4. The van der Waals surface area contributed by atoms with Gasteiger partial charge in [0.05, 0.1) is 49.1 Å². The summed E-state index contributed by atoms with van der Waals surface area (Å²) in [6.45, 7) is 12.2. The lowest BCUT2D eigenvalue weighted by atomic mass is 9.88. The minimum Gasteiger partial charge on any atom is -0.507 e. The molecule has 6 rings (SSSR count). The third-order valence-corrected chi connectivity index (χ3v) is 11.3. The molecule has 0 bridgehead atoms. The van der Waals surface area contributed by atoms with Crippen molar-refractivity contribution in [2.24, 2.45) is 0 Å². The van der Waals surface area contributed by atoms with Crippen LogP contribution in [0.15, 0.2) is 65.2 Å². The molecule has 0 fully saturated rings. The molecule has 0 saturated heterocycles. The second-order valence-corrected chi connectivity index (χ2v) is 17.2. The van der Waals surface area contributed by atoms with E-state index in [1.54, 1.807) is 13.8 Å². The van der Waals surface area contributed by atoms with Crippen molar-refractivity contribution in [1.29, 1.82) is 0 Å². The minimum atomic E-state index is -1.59. The molecule has 2 heterocycles. The Kier molecular flexibility index (Phi) is 12.6. The van der Waals surface area contributed by atoms with Crippen molar-refractivity contribution in [3.63, 3.8) is 0 Å². The van der Waals surface area contributed by atoms with Gasteiger partial charge >= 0.3 is 0 Å². The monoisotopic (exact) mass is 852 g/mol. The van der Waals surface area contributed by atoms with E-state index >= 15 is 0 Å². The van der Waals surface area contributed by atoms with Crippen LogP contribution in [0.5, 0.6) is 23.0 Å². The number of hydrogen-bond donors (Lipinski definition) is 4. The lowest BCUT2D eigenvalue weighted by Gasteiger charge is -2.31. The molecule has 0 aliphatic heterocycles. The molecular weight excluding hydrogens is 801 g/mol. The van der Waals surface area contributed by atoms with Crippen LogP contribution in [0.3, 0.4) is 0 Å². The molecule has 0 radical (unpaired) electrons. The summed E-state index contributed by atoms with van der Waals surface area (Å²) in [5, 5.41) is 44.2. The van der Waals surface area contributed by atoms with E-state index in [9.17, 15) is 44.4 Å². The number of benzene rings is 2. The van der Waals surface area contributed by atoms with E-state index in [1.807, 2.05) is 39.8 Å². The molecule has 14 nitrogen and oxygen atoms in total. The number of Topliss-reactive ketones (excluding diaryl/α,β-unsaturated/α-hetero) is 3.